The van der Waals surface area contributed by atoms with E-state index in [1.54, 1.807) is 18.5 Å². The van der Waals surface area contributed by atoms with Gasteiger partial charge in [-0.1, -0.05) is 0 Å². The van der Waals surface area contributed by atoms with E-state index >= 15 is 0 Å². The third-order valence-electron chi connectivity index (χ3n) is 6.85. The average molecular weight is 422 g/mol. The summed E-state index contributed by atoms with van der Waals surface area (Å²) >= 11 is 0. The van der Waals surface area contributed by atoms with Crippen LogP contribution in [0.3, 0.4) is 0 Å². The normalized spacial score (nSPS) is 23.0. The van der Waals surface area contributed by atoms with Crippen molar-refractivity contribution in [2.75, 3.05) is 24.5 Å². The average Bonchev–Trinajstić information content (AvgIpc) is 3.18. The van der Waals surface area contributed by atoms with Gasteiger partial charge in [-0.2, -0.15) is 9.61 Å². The van der Waals surface area contributed by atoms with E-state index in [-0.39, 0.29) is 17.6 Å². The van der Waals surface area contributed by atoms with Crippen molar-refractivity contribution in [3.05, 3.63) is 42.2 Å². The van der Waals surface area contributed by atoms with Crippen LogP contribution in [0.2, 0.25) is 0 Å². The van der Waals surface area contributed by atoms with Crippen LogP contribution in [0.15, 0.2) is 35.2 Å². The van der Waals surface area contributed by atoms with Gasteiger partial charge in [-0.15, -0.1) is 10.2 Å². The molecule has 1 N–H and O–H groups in total. The zero-order chi connectivity index (χ0) is 20.8. The van der Waals surface area contributed by atoms with Gasteiger partial charge in [-0.25, -0.2) is 0 Å². The highest BCUT2D eigenvalue weighted by Gasteiger charge is 2.43. The minimum absolute atomic E-state index is 0.0519. The number of aromatic nitrogens is 4. The van der Waals surface area contributed by atoms with Gasteiger partial charge in [0.25, 0.3) is 5.91 Å². The van der Waals surface area contributed by atoms with E-state index in [1.165, 1.54) is 19.1 Å². The molecule has 0 radical (unpaired) electrons. The van der Waals surface area contributed by atoms with Crippen LogP contribution in [0.25, 0.3) is 5.65 Å². The first-order chi connectivity index (χ1) is 15.2. The van der Waals surface area contributed by atoms with E-state index in [1.807, 2.05) is 4.52 Å². The standard InChI is InChI=1S/C22H26N6O3/c29-21(19-2-1-11-30-19)23-13-16-5-6-22(31-16)7-9-27(10-8-22)18-12-17(15-3-4-15)26-28-14-24-25-20(18)28/h1-2,11-12,14-16H,3-10,13H2,(H,23,29). The summed E-state index contributed by atoms with van der Waals surface area (Å²) in [5, 5.41) is 16.0. The second-order valence-corrected chi connectivity index (χ2v) is 8.96. The maximum Gasteiger partial charge on any atom is 0.287 e. The molecule has 2 aliphatic heterocycles. The lowest BCUT2D eigenvalue weighted by atomic mass is 9.88. The van der Waals surface area contributed by atoms with Gasteiger partial charge in [0.2, 0.25) is 5.65 Å². The molecule has 1 unspecified atom stereocenters. The van der Waals surface area contributed by atoms with Crippen LogP contribution < -0.4 is 10.2 Å². The monoisotopic (exact) mass is 422 g/mol. The Bertz CT molecular complexity index is 1080. The van der Waals surface area contributed by atoms with E-state index in [0.717, 1.165) is 55.8 Å². The number of furan rings is 1. The molecule has 1 aliphatic carbocycles. The summed E-state index contributed by atoms with van der Waals surface area (Å²) < 4.78 is 13.4. The van der Waals surface area contributed by atoms with Gasteiger partial charge in [0.1, 0.15) is 6.33 Å². The Kier molecular flexibility index (Phi) is 4.45. The second kappa shape index (κ2) is 7.33. The van der Waals surface area contributed by atoms with Crippen molar-refractivity contribution in [1.29, 1.82) is 0 Å². The molecule has 3 aromatic heterocycles. The van der Waals surface area contributed by atoms with Gasteiger partial charge in [0.15, 0.2) is 5.76 Å². The summed E-state index contributed by atoms with van der Waals surface area (Å²) in [5.41, 5.74) is 3.01. The zero-order valence-corrected chi connectivity index (χ0v) is 17.4. The van der Waals surface area contributed by atoms with Crippen LogP contribution in [0.1, 0.15) is 60.7 Å². The predicted molar refractivity (Wildman–Crippen MR) is 112 cm³/mol. The van der Waals surface area contributed by atoms with Crippen LogP contribution in [-0.4, -0.2) is 57.1 Å². The first kappa shape index (κ1) is 18.8. The van der Waals surface area contributed by atoms with Crippen molar-refractivity contribution in [1.82, 2.24) is 25.1 Å². The van der Waals surface area contributed by atoms with Crippen molar-refractivity contribution in [3.8, 4) is 0 Å². The Morgan fingerprint density at radius 2 is 2.10 bits per heavy atom. The van der Waals surface area contributed by atoms with Crippen LogP contribution >= 0.6 is 0 Å². The van der Waals surface area contributed by atoms with E-state index < -0.39 is 0 Å². The molecule has 1 amide bonds. The Labute approximate surface area is 179 Å². The largest absolute Gasteiger partial charge is 0.459 e. The highest BCUT2D eigenvalue weighted by atomic mass is 16.5. The molecular formula is C22H26N6O3. The number of carbonyl (C=O) groups is 1. The number of hydrogen-bond donors (Lipinski definition) is 1. The van der Waals surface area contributed by atoms with E-state index in [0.29, 0.717) is 18.2 Å². The Balaban J connectivity index is 1.09. The number of anilines is 1. The van der Waals surface area contributed by atoms with Crippen LogP contribution in [0.5, 0.6) is 0 Å². The highest BCUT2D eigenvalue weighted by molar-refractivity contribution is 5.91. The molecule has 1 spiro atoms. The van der Waals surface area contributed by atoms with Crippen LogP contribution in [0.4, 0.5) is 5.69 Å². The van der Waals surface area contributed by atoms with Crippen LogP contribution in [0, 0.1) is 0 Å². The molecule has 162 valence electrons. The molecule has 31 heavy (non-hydrogen) atoms. The van der Waals surface area contributed by atoms with Crippen LogP contribution in [-0.2, 0) is 4.74 Å². The van der Waals surface area contributed by atoms with Gasteiger partial charge >= 0.3 is 0 Å². The number of nitrogens with zero attached hydrogens (tertiary/aromatic N) is 5. The molecule has 3 aliphatic rings. The van der Waals surface area contributed by atoms with Crippen molar-refractivity contribution < 1.29 is 13.9 Å². The first-order valence-electron chi connectivity index (χ1n) is 11.1. The fourth-order valence-corrected chi connectivity index (χ4v) is 4.90. The fourth-order valence-electron chi connectivity index (χ4n) is 4.90. The predicted octanol–water partition coefficient (Wildman–Crippen LogP) is 2.54. The molecule has 3 aromatic rings. The number of carbonyl (C=O) groups excluding carboxylic acids is 1. The van der Waals surface area contributed by atoms with Crippen molar-refractivity contribution >= 4 is 17.2 Å². The number of hydrogen-bond acceptors (Lipinski definition) is 7. The quantitative estimate of drug-likeness (QED) is 0.675. The molecule has 9 nitrogen and oxygen atoms in total. The summed E-state index contributed by atoms with van der Waals surface area (Å²) in [5.74, 6) is 0.728. The van der Waals surface area contributed by atoms with E-state index in [2.05, 4.69) is 31.6 Å². The lowest BCUT2D eigenvalue weighted by Gasteiger charge is -2.40. The third kappa shape index (κ3) is 3.56. The molecule has 2 saturated heterocycles. The molecule has 0 bridgehead atoms. The number of nitrogens with one attached hydrogen (secondary N) is 1. The molecule has 9 heteroatoms. The summed E-state index contributed by atoms with van der Waals surface area (Å²) in [6.45, 7) is 2.35. The molecule has 1 atom stereocenters. The Morgan fingerprint density at radius 1 is 1.23 bits per heavy atom. The van der Waals surface area contributed by atoms with Gasteiger partial charge in [0, 0.05) is 25.6 Å². The minimum Gasteiger partial charge on any atom is -0.459 e. The third-order valence-corrected chi connectivity index (χ3v) is 6.85. The number of rotatable bonds is 5. The van der Waals surface area contributed by atoms with Gasteiger partial charge in [-0.05, 0) is 56.7 Å². The van der Waals surface area contributed by atoms with Gasteiger partial charge < -0.3 is 19.4 Å². The molecular weight excluding hydrogens is 396 g/mol. The number of amides is 1. The minimum atomic E-state index is -0.189. The fraction of sp³-hybridized carbons (Fsp3) is 0.545. The number of fused-ring (bicyclic) bond motifs is 1. The van der Waals surface area contributed by atoms with E-state index in [4.69, 9.17) is 9.15 Å². The summed E-state index contributed by atoms with van der Waals surface area (Å²) in [4.78, 5) is 14.5. The number of ether oxygens (including phenoxy) is 1. The van der Waals surface area contributed by atoms with Crippen molar-refractivity contribution in [3.63, 3.8) is 0 Å². The molecule has 3 fully saturated rings. The first-order valence-corrected chi connectivity index (χ1v) is 11.1. The van der Waals surface area contributed by atoms with Crippen molar-refractivity contribution in [2.45, 2.75) is 56.1 Å². The maximum absolute atomic E-state index is 12.1. The Hall–Kier alpha value is -2.94. The second-order valence-electron chi connectivity index (χ2n) is 8.96. The zero-order valence-electron chi connectivity index (χ0n) is 17.4. The highest BCUT2D eigenvalue weighted by Crippen LogP contribution is 2.42. The van der Waals surface area contributed by atoms with Crippen molar-refractivity contribution in [2.24, 2.45) is 0 Å². The van der Waals surface area contributed by atoms with Gasteiger partial charge in [0.05, 0.1) is 29.3 Å². The molecule has 0 aromatic carbocycles. The lowest BCUT2D eigenvalue weighted by Crippen LogP contribution is -2.45. The summed E-state index contributed by atoms with van der Waals surface area (Å²) in [7, 11) is 0. The van der Waals surface area contributed by atoms with Gasteiger partial charge in [-0.3, -0.25) is 4.79 Å². The lowest BCUT2D eigenvalue weighted by molar-refractivity contribution is -0.0542. The molecule has 5 heterocycles. The van der Waals surface area contributed by atoms with E-state index in [9.17, 15) is 4.79 Å². The molecule has 1 saturated carbocycles. The number of piperidine rings is 1. The molecule has 6 rings (SSSR count). The summed E-state index contributed by atoms with van der Waals surface area (Å²) in [6, 6.07) is 5.60. The SMILES string of the molecule is O=C(NCC1CCC2(CCN(c3cc(C4CC4)nn4cnnc34)CC2)O1)c1ccco1. The maximum atomic E-state index is 12.1. The summed E-state index contributed by atoms with van der Waals surface area (Å²) in [6.07, 6.45) is 9.62. The topological polar surface area (TPSA) is 97.8 Å². The Morgan fingerprint density at radius 3 is 2.87 bits per heavy atom. The smallest absolute Gasteiger partial charge is 0.287 e.